The quantitative estimate of drug-likeness (QED) is 0.800. The van der Waals surface area contributed by atoms with Crippen molar-refractivity contribution in [2.75, 3.05) is 33.2 Å². The van der Waals surface area contributed by atoms with Gasteiger partial charge in [-0.1, -0.05) is 0 Å². The standard InChI is InChI=1S/C15H29N3/c1-12-8-15(11-17(12)2)18(9-13-5-6-13)10-14-4-3-7-16-14/h12-16H,3-11H2,1-2H3. The zero-order chi connectivity index (χ0) is 12.5. The molecular formula is C15H29N3. The lowest BCUT2D eigenvalue weighted by Crippen LogP contribution is -2.45. The number of hydrogen-bond acceptors (Lipinski definition) is 3. The summed E-state index contributed by atoms with van der Waals surface area (Å²) in [6.45, 7) is 7.55. The number of nitrogens with one attached hydrogen (secondary N) is 1. The summed E-state index contributed by atoms with van der Waals surface area (Å²) in [5, 5.41) is 3.67. The third-order valence-corrected chi connectivity index (χ3v) is 5.19. The molecule has 1 aliphatic carbocycles. The Kier molecular flexibility index (Phi) is 3.92. The summed E-state index contributed by atoms with van der Waals surface area (Å²) >= 11 is 0. The molecule has 18 heavy (non-hydrogen) atoms. The minimum absolute atomic E-state index is 0.768. The highest BCUT2D eigenvalue weighted by molar-refractivity contribution is 4.91. The van der Waals surface area contributed by atoms with Crippen molar-refractivity contribution in [1.82, 2.24) is 15.1 Å². The first-order chi connectivity index (χ1) is 8.72. The van der Waals surface area contributed by atoms with E-state index >= 15 is 0 Å². The Morgan fingerprint density at radius 1 is 1.22 bits per heavy atom. The monoisotopic (exact) mass is 251 g/mol. The van der Waals surface area contributed by atoms with Gasteiger partial charge in [0.25, 0.3) is 0 Å². The van der Waals surface area contributed by atoms with Crippen LogP contribution in [0.4, 0.5) is 0 Å². The lowest BCUT2D eigenvalue weighted by molar-refractivity contribution is 0.174. The Labute approximate surface area is 112 Å². The fourth-order valence-corrected chi connectivity index (χ4v) is 3.63. The van der Waals surface area contributed by atoms with Gasteiger partial charge in [0.1, 0.15) is 0 Å². The van der Waals surface area contributed by atoms with Gasteiger partial charge in [-0.05, 0) is 58.5 Å². The number of likely N-dealkylation sites (tertiary alicyclic amines) is 1. The topological polar surface area (TPSA) is 18.5 Å². The number of hydrogen-bond donors (Lipinski definition) is 1. The molecule has 0 radical (unpaired) electrons. The van der Waals surface area contributed by atoms with E-state index in [1.807, 2.05) is 0 Å². The Morgan fingerprint density at radius 3 is 2.61 bits per heavy atom. The Hall–Kier alpha value is -0.120. The molecule has 2 heterocycles. The molecule has 0 amide bonds. The molecule has 3 atom stereocenters. The van der Waals surface area contributed by atoms with Gasteiger partial charge in [0.05, 0.1) is 0 Å². The lowest BCUT2D eigenvalue weighted by atomic mass is 10.1. The average Bonchev–Trinajstić information content (AvgIpc) is 2.88. The predicted molar refractivity (Wildman–Crippen MR) is 75.8 cm³/mol. The van der Waals surface area contributed by atoms with Crippen LogP contribution in [0.3, 0.4) is 0 Å². The molecule has 0 aromatic heterocycles. The maximum absolute atomic E-state index is 3.67. The zero-order valence-electron chi connectivity index (χ0n) is 12.1. The molecule has 3 unspecified atom stereocenters. The first-order valence-electron chi connectivity index (χ1n) is 7.90. The van der Waals surface area contributed by atoms with Crippen molar-refractivity contribution in [3.05, 3.63) is 0 Å². The van der Waals surface area contributed by atoms with Crippen LogP contribution in [0.1, 0.15) is 39.0 Å². The molecule has 2 saturated heterocycles. The van der Waals surface area contributed by atoms with Gasteiger partial charge in [0.2, 0.25) is 0 Å². The van der Waals surface area contributed by atoms with Crippen molar-refractivity contribution < 1.29 is 0 Å². The highest BCUT2D eigenvalue weighted by Crippen LogP contribution is 2.32. The molecule has 104 valence electrons. The largest absolute Gasteiger partial charge is 0.313 e. The Balaban J connectivity index is 1.57. The summed E-state index contributed by atoms with van der Waals surface area (Å²) in [5.41, 5.74) is 0. The lowest BCUT2D eigenvalue weighted by Gasteiger charge is -2.31. The third kappa shape index (κ3) is 3.06. The maximum Gasteiger partial charge on any atom is 0.0238 e. The van der Waals surface area contributed by atoms with Gasteiger partial charge in [0, 0.05) is 37.8 Å². The van der Waals surface area contributed by atoms with Gasteiger partial charge in [-0.2, -0.15) is 0 Å². The van der Waals surface area contributed by atoms with Crippen LogP contribution in [-0.2, 0) is 0 Å². The molecule has 0 aromatic carbocycles. The Bertz CT molecular complexity index is 261. The molecule has 0 spiro atoms. The molecule has 0 bridgehead atoms. The number of likely N-dealkylation sites (N-methyl/N-ethyl adjacent to an activating group) is 1. The van der Waals surface area contributed by atoms with Crippen molar-refractivity contribution in [1.29, 1.82) is 0 Å². The van der Waals surface area contributed by atoms with Crippen LogP contribution in [-0.4, -0.2) is 61.2 Å². The average molecular weight is 251 g/mol. The number of nitrogens with zero attached hydrogens (tertiary/aromatic N) is 2. The van der Waals surface area contributed by atoms with E-state index in [0.717, 1.165) is 24.0 Å². The summed E-state index contributed by atoms with van der Waals surface area (Å²) in [6, 6.07) is 2.35. The van der Waals surface area contributed by atoms with E-state index in [4.69, 9.17) is 0 Å². The van der Waals surface area contributed by atoms with E-state index in [2.05, 4.69) is 29.1 Å². The molecule has 3 rings (SSSR count). The van der Waals surface area contributed by atoms with E-state index in [1.165, 1.54) is 58.3 Å². The second kappa shape index (κ2) is 5.48. The molecule has 3 nitrogen and oxygen atoms in total. The number of rotatable bonds is 5. The van der Waals surface area contributed by atoms with Crippen LogP contribution < -0.4 is 5.32 Å². The summed E-state index contributed by atoms with van der Waals surface area (Å²) in [5.74, 6) is 1.02. The zero-order valence-corrected chi connectivity index (χ0v) is 12.1. The van der Waals surface area contributed by atoms with Gasteiger partial charge >= 0.3 is 0 Å². The molecule has 3 heteroatoms. The predicted octanol–water partition coefficient (Wildman–Crippen LogP) is 1.54. The highest BCUT2D eigenvalue weighted by atomic mass is 15.3. The van der Waals surface area contributed by atoms with Gasteiger partial charge < -0.3 is 10.2 Å². The second-order valence-electron chi connectivity index (χ2n) is 6.87. The fourth-order valence-electron chi connectivity index (χ4n) is 3.63. The van der Waals surface area contributed by atoms with Crippen molar-refractivity contribution >= 4 is 0 Å². The van der Waals surface area contributed by atoms with Crippen molar-refractivity contribution in [2.24, 2.45) is 5.92 Å². The van der Waals surface area contributed by atoms with Gasteiger partial charge in [-0.25, -0.2) is 0 Å². The maximum atomic E-state index is 3.67. The van der Waals surface area contributed by atoms with E-state index in [0.29, 0.717) is 0 Å². The summed E-state index contributed by atoms with van der Waals surface area (Å²) in [7, 11) is 2.29. The van der Waals surface area contributed by atoms with E-state index in [-0.39, 0.29) is 0 Å². The van der Waals surface area contributed by atoms with E-state index in [1.54, 1.807) is 0 Å². The van der Waals surface area contributed by atoms with Crippen LogP contribution in [0.25, 0.3) is 0 Å². The first kappa shape index (κ1) is 12.9. The summed E-state index contributed by atoms with van der Waals surface area (Å²) < 4.78 is 0. The normalized spacial score (nSPS) is 37.8. The van der Waals surface area contributed by atoms with Crippen molar-refractivity contribution in [3.63, 3.8) is 0 Å². The first-order valence-corrected chi connectivity index (χ1v) is 7.90. The minimum Gasteiger partial charge on any atom is -0.313 e. The van der Waals surface area contributed by atoms with Crippen LogP contribution >= 0.6 is 0 Å². The van der Waals surface area contributed by atoms with Crippen molar-refractivity contribution in [3.8, 4) is 0 Å². The fraction of sp³-hybridized carbons (Fsp3) is 1.00. The molecule has 0 aromatic rings. The highest BCUT2D eigenvalue weighted by Gasteiger charge is 2.35. The van der Waals surface area contributed by atoms with Crippen LogP contribution in [0.5, 0.6) is 0 Å². The molecular weight excluding hydrogens is 222 g/mol. The molecule has 3 fully saturated rings. The second-order valence-corrected chi connectivity index (χ2v) is 6.87. The van der Waals surface area contributed by atoms with E-state index in [9.17, 15) is 0 Å². The molecule has 3 aliphatic rings. The van der Waals surface area contributed by atoms with E-state index < -0.39 is 0 Å². The molecule has 1 saturated carbocycles. The van der Waals surface area contributed by atoms with Crippen molar-refractivity contribution in [2.45, 2.75) is 57.2 Å². The molecule has 2 aliphatic heterocycles. The van der Waals surface area contributed by atoms with Crippen LogP contribution in [0.15, 0.2) is 0 Å². The third-order valence-electron chi connectivity index (χ3n) is 5.19. The summed E-state index contributed by atoms with van der Waals surface area (Å²) in [4.78, 5) is 5.35. The van der Waals surface area contributed by atoms with Crippen LogP contribution in [0, 0.1) is 5.92 Å². The van der Waals surface area contributed by atoms with Crippen LogP contribution in [0.2, 0.25) is 0 Å². The SMILES string of the molecule is CC1CC(N(CC2CC2)CC2CCCN2)CN1C. The minimum atomic E-state index is 0.768. The smallest absolute Gasteiger partial charge is 0.0238 e. The van der Waals surface area contributed by atoms with Gasteiger partial charge in [0.15, 0.2) is 0 Å². The Morgan fingerprint density at radius 2 is 2.06 bits per heavy atom. The van der Waals surface area contributed by atoms with Gasteiger partial charge in [-0.15, -0.1) is 0 Å². The van der Waals surface area contributed by atoms with Gasteiger partial charge in [-0.3, -0.25) is 4.90 Å². The summed E-state index contributed by atoms with van der Waals surface area (Å²) in [6.07, 6.45) is 7.09. The molecule has 1 N–H and O–H groups in total.